The van der Waals surface area contributed by atoms with E-state index in [0.717, 1.165) is 5.69 Å². The van der Waals surface area contributed by atoms with E-state index in [2.05, 4.69) is 0 Å². The number of hydrogen-bond acceptors (Lipinski definition) is 4. The van der Waals surface area contributed by atoms with E-state index in [0.29, 0.717) is 12.2 Å². The van der Waals surface area contributed by atoms with Gasteiger partial charge in [0, 0.05) is 11.4 Å². The third-order valence-electron chi connectivity index (χ3n) is 2.28. The highest BCUT2D eigenvalue weighted by Crippen LogP contribution is 2.22. The number of hydrogen-bond donors (Lipinski definition) is 2. The normalized spacial score (nSPS) is 20.5. The Morgan fingerprint density at radius 1 is 1.47 bits per heavy atom. The molecule has 0 spiro atoms. The molecule has 0 aliphatic carbocycles. The average Bonchev–Trinajstić information content (AvgIpc) is 2.61. The molecule has 1 aliphatic rings. The van der Waals surface area contributed by atoms with Crippen molar-refractivity contribution in [1.29, 1.82) is 0 Å². The minimum absolute atomic E-state index is 0.156. The smallest absolute Gasteiger partial charge is 0.414 e. The second kappa shape index (κ2) is 3.78. The molecule has 0 saturated carbocycles. The van der Waals surface area contributed by atoms with E-state index in [1.165, 1.54) is 4.90 Å². The standard InChI is InChI=1S/C10H12N2O3/c11-7-1-3-8(4-2-7)12-5-9(6-13)15-10(12)14/h1-4,9,13H,5-6,11H2. The van der Waals surface area contributed by atoms with Crippen molar-refractivity contribution in [3.63, 3.8) is 0 Å². The molecular formula is C10H12N2O3. The molecule has 5 nitrogen and oxygen atoms in total. The number of carbonyl (C=O) groups is 1. The number of nitrogens with two attached hydrogens (primary N) is 1. The number of ether oxygens (including phenoxy) is 1. The largest absolute Gasteiger partial charge is 0.441 e. The van der Waals surface area contributed by atoms with E-state index in [1.54, 1.807) is 24.3 Å². The van der Waals surface area contributed by atoms with Crippen molar-refractivity contribution in [2.75, 3.05) is 23.8 Å². The summed E-state index contributed by atoms with van der Waals surface area (Å²) in [5.41, 5.74) is 6.91. The Bertz CT molecular complexity index is 363. The van der Waals surface area contributed by atoms with Crippen molar-refractivity contribution in [3.05, 3.63) is 24.3 Å². The average molecular weight is 208 g/mol. The molecule has 3 N–H and O–H groups in total. The van der Waals surface area contributed by atoms with Crippen molar-refractivity contribution in [3.8, 4) is 0 Å². The molecule has 0 radical (unpaired) electrons. The minimum Gasteiger partial charge on any atom is -0.441 e. The Kier molecular flexibility index (Phi) is 2.47. The number of benzene rings is 1. The molecule has 15 heavy (non-hydrogen) atoms. The van der Waals surface area contributed by atoms with Gasteiger partial charge in [-0.25, -0.2) is 4.79 Å². The summed E-state index contributed by atoms with van der Waals surface area (Å²) >= 11 is 0. The van der Waals surface area contributed by atoms with Crippen LogP contribution in [0.15, 0.2) is 24.3 Å². The SMILES string of the molecule is Nc1ccc(N2CC(CO)OC2=O)cc1. The van der Waals surface area contributed by atoms with Gasteiger partial charge in [0.15, 0.2) is 0 Å². The topological polar surface area (TPSA) is 75.8 Å². The third-order valence-corrected chi connectivity index (χ3v) is 2.28. The molecule has 1 amide bonds. The maximum absolute atomic E-state index is 11.4. The summed E-state index contributed by atoms with van der Waals surface area (Å²) in [4.78, 5) is 12.9. The number of rotatable bonds is 2. The molecule has 1 aromatic rings. The first-order chi connectivity index (χ1) is 7.20. The van der Waals surface area contributed by atoms with Gasteiger partial charge in [0.25, 0.3) is 0 Å². The van der Waals surface area contributed by atoms with Crippen LogP contribution in [-0.2, 0) is 4.74 Å². The summed E-state index contributed by atoms with van der Waals surface area (Å²) < 4.78 is 4.91. The molecule has 1 aliphatic heterocycles. The highest BCUT2D eigenvalue weighted by Gasteiger charge is 2.31. The van der Waals surface area contributed by atoms with Crippen LogP contribution in [0.3, 0.4) is 0 Å². The zero-order chi connectivity index (χ0) is 10.8. The van der Waals surface area contributed by atoms with E-state index < -0.39 is 12.2 Å². The van der Waals surface area contributed by atoms with Gasteiger partial charge >= 0.3 is 6.09 Å². The zero-order valence-electron chi connectivity index (χ0n) is 8.09. The Morgan fingerprint density at radius 2 is 2.13 bits per heavy atom. The van der Waals surface area contributed by atoms with Gasteiger partial charge in [-0.15, -0.1) is 0 Å². The first-order valence-electron chi connectivity index (χ1n) is 4.65. The van der Waals surface area contributed by atoms with Crippen LogP contribution in [0, 0.1) is 0 Å². The number of cyclic esters (lactones) is 1. The van der Waals surface area contributed by atoms with Crippen LogP contribution in [0.1, 0.15) is 0 Å². The fourth-order valence-electron chi connectivity index (χ4n) is 1.48. The number of aliphatic hydroxyl groups excluding tert-OH is 1. The molecule has 1 heterocycles. The lowest BCUT2D eigenvalue weighted by Crippen LogP contribution is -2.25. The fraction of sp³-hybridized carbons (Fsp3) is 0.300. The van der Waals surface area contributed by atoms with Crippen LogP contribution in [0.5, 0.6) is 0 Å². The summed E-state index contributed by atoms with van der Waals surface area (Å²) in [5.74, 6) is 0. The molecule has 1 unspecified atom stereocenters. The van der Waals surface area contributed by atoms with Crippen molar-refractivity contribution in [2.24, 2.45) is 0 Å². The van der Waals surface area contributed by atoms with Crippen LogP contribution in [-0.4, -0.2) is 30.5 Å². The maximum Gasteiger partial charge on any atom is 0.414 e. The van der Waals surface area contributed by atoms with E-state index >= 15 is 0 Å². The summed E-state index contributed by atoms with van der Waals surface area (Å²) in [6.45, 7) is 0.219. The van der Waals surface area contributed by atoms with E-state index in [-0.39, 0.29) is 6.61 Å². The molecule has 80 valence electrons. The summed E-state index contributed by atoms with van der Waals surface area (Å²) in [6, 6.07) is 6.93. The Balaban J connectivity index is 2.18. The van der Waals surface area contributed by atoms with Crippen LogP contribution in [0.25, 0.3) is 0 Å². The highest BCUT2D eigenvalue weighted by atomic mass is 16.6. The Hall–Kier alpha value is -1.75. The third kappa shape index (κ3) is 1.87. The quantitative estimate of drug-likeness (QED) is 0.697. The molecule has 1 fully saturated rings. The van der Waals surface area contributed by atoms with E-state index in [4.69, 9.17) is 15.6 Å². The van der Waals surface area contributed by atoms with Gasteiger partial charge in [-0.05, 0) is 24.3 Å². The number of nitrogens with zero attached hydrogens (tertiary/aromatic N) is 1. The second-order valence-corrected chi connectivity index (χ2v) is 3.39. The molecule has 0 bridgehead atoms. The second-order valence-electron chi connectivity index (χ2n) is 3.39. The molecule has 1 aromatic carbocycles. The molecule has 1 saturated heterocycles. The number of aliphatic hydroxyl groups is 1. The first kappa shape index (κ1) is 9.79. The molecule has 0 aromatic heterocycles. The van der Waals surface area contributed by atoms with Gasteiger partial charge in [-0.2, -0.15) is 0 Å². The Labute approximate surface area is 87.1 Å². The van der Waals surface area contributed by atoms with Gasteiger partial charge in [-0.1, -0.05) is 0 Å². The predicted octanol–water partition coefficient (Wildman–Crippen LogP) is 0.586. The van der Waals surface area contributed by atoms with Crippen LogP contribution < -0.4 is 10.6 Å². The molecule has 5 heteroatoms. The van der Waals surface area contributed by atoms with Crippen molar-refractivity contribution < 1.29 is 14.6 Å². The highest BCUT2D eigenvalue weighted by molar-refractivity contribution is 5.89. The molecule has 2 rings (SSSR count). The minimum atomic E-state index is -0.435. The number of anilines is 2. The van der Waals surface area contributed by atoms with E-state index in [1.807, 2.05) is 0 Å². The molecular weight excluding hydrogens is 196 g/mol. The van der Waals surface area contributed by atoms with Crippen LogP contribution >= 0.6 is 0 Å². The number of carbonyl (C=O) groups excluding carboxylic acids is 1. The van der Waals surface area contributed by atoms with Crippen LogP contribution in [0.2, 0.25) is 0 Å². The van der Waals surface area contributed by atoms with Gasteiger partial charge in [0.2, 0.25) is 0 Å². The summed E-state index contributed by atoms with van der Waals surface area (Å²) in [7, 11) is 0. The van der Waals surface area contributed by atoms with Crippen molar-refractivity contribution in [1.82, 2.24) is 0 Å². The molecule has 1 atom stereocenters. The maximum atomic E-state index is 11.4. The first-order valence-corrected chi connectivity index (χ1v) is 4.65. The predicted molar refractivity (Wildman–Crippen MR) is 55.6 cm³/mol. The number of nitrogen functional groups attached to an aromatic ring is 1. The van der Waals surface area contributed by atoms with Gasteiger partial charge < -0.3 is 15.6 Å². The van der Waals surface area contributed by atoms with Gasteiger partial charge in [-0.3, -0.25) is 4.90 Å². The zero-order valence-corrected chi connectivity index (χ0v) is 8.09. The lowest BCUT2D eigenvalue weighted by Gasteiger charge is -2.12. The lowest BCUT2D eigenvalue weighted by molar-refractivity contribution is 0.0963. The van der Waals surface area contributed by atoms with Crippen molar-refractivity contribution in [2.45, 2.75) is 6.10 Å². The van der Waals surface area contributed by atoms with Crippen molar-refractivity contribution >= 4 is 17.5 Å². The Morgan fingerprint density at radius 3 is 2.67 bits per heavy atom. The van der Waals surface area contributed by atoms with Gasteiger partial charge in [0.05, 0.1) is 13.2 Å². The van der Waals surface area contributed by atoms with Crippen LogP contribution in [0.4, 0.5) is 16.2 Å². The van der Waals surface area contributed by atoms with Gasteiger partial charge in [0.1, 0.15) is 6.10 Å². The number of amides is 1. The fourth-order valence-corrected chi connectivity index (χ4v) is 1.48. The summed E-state index contributed by atoms with van der Waals surface area (Å²) in [5, 5.41) is 8.87. The summed E-state index contributed by atoms with van der Waals surface area (Å²) in [6.07, 6.45) is -0.867. The van der Waals surface area contributed by atoms with E-state index in [9.17, 15) is 4.79 Å². The lowest BCUT2D eigenvalue weighted by atomic mass is 10.2. The monoisotopic (exact) mass is 208 g/mol.